The Kier molecular flexibility index (Phi) is 1.79. The number of rotatable bonds is 0. The average molecular weight is 194 g/mol. The van der Waals surface area contributed by atoms with Crippen molar-refractivity contribution in [1.82, 2.24) is 0 Å². The quantitative estimate of drug-likeness (QED) is 0.542. The van der Waals surface area contributed by atoms with Gasteiger partial charge in [0.2, 0.25) is 6.29 Å². The highest BCUT2D eigenvalue weighted by molar-refractivity contribution is 5.86. The Hall–Kier alpha value is -0.670. The third-order valence-electron chi connectivity index (χ3n) is 3.62. The molecule has 1 aliphatic carbocycles. The maximum absolute atomic E-state index is 11.9. The zero-order valence-corrected chi connectivity index (χ0v) is 8.18. The third-order valence-corrected chi connectivity index (χ3v) is 3.62. The van der Waals surface area contributed by atoms with Gasteiger partial charge in [-0.05, 0) is 12.3 Å². The van der Waals surface area contributed by atoms with Crippen molar-refractivity contribution in [2.45, 2.75) is 25.7 Å². The maximum Gasteiger partial charge on any atom is 0.218 e. The van der Waals surface area contributed by atoms with Crippen molar-refractivity contribution in [2.75, 3.05) is 6.61 Å². The molecule has 0 amide bonds. The molecule has 0 N–H and O–H groups in total. The van der Waals surface area contributed by atoms with Gasteiger partial charge >= 0.3 is 0 Å². The molecule has 0 aromatic rings. The highest BCUT2D eigenvalue weighted by atomic mass is 16.7. The van der Waals surface area contributed by atoms with Crippen molar-refractivity contribution in [3.05, 3.63) is 12.2 Å². The highest BCUT2D eigenvalue weighted by Crippen LogP contribution is 2.42. The van der Waals surface area contributed by atoms with Crippen LogP contribution >= 0.6 is 0 Å². The normalized spacial score (nSPS) is 50.6. The van der Waals surface area contributed by atoms with Gasteiger partial charge < -0.3 is 9.47 Å². The molecule has 0 spiro atoms. The predicted octanol–water partition coefficient (Wildman–Crippen LogP) is 1.14. The van der Waals surface area contributed by atoms with Crippen LogP contribution in [0.4, 0.5) is 0 Å². The molecule has 2 saturated heterocycles. The first-order chi connectivity index (χ1) is 6.77. The molecule has 0 saturated carbocycles. The van der Waals surface area contributed by atoms with Crippen LogP contribution in [-0.4, -0.2) is 24.8 Å². The second kappa shape index (κ2) is 2.91. The van der Waals surface area contributed by atoms with Crippen molar-refractivity contribution in [3.63, 3.8) is 0 Å². The lowest BCUT2D eigenvalue weighted by Gasteiger charge is -2.38. The first kappa shape index (κ1) is 8.62. The van der Waals surface area contributed by atoms with Gasteiger partial charge in [0.1, 0.15) is 0 Å². The van der Waals surface area contributed by atoms with Crippen LogP contribution in [0.3, 0.4) is 0 Å². The van der Waals surface area contributed by atoms with Gasteiger partial charge in [0.15, 0.2) is 5.78 Å². The van der Waals surface area contributed by atoms with Gasteiger partial charge in [0, 0.05) is 11.8 Å². The molecule has 2 bridgehead atoms. The van der Waals surface area contributed by atoms with Crippen LogP contribution in [-0.2, 0) is 14.3 Å². The smallest absolute Gasteiger partial charge is 0.218 e. The van der Waals surface area contributed by atoms with E-state index < -0.39 is 6.29 Å². The number of fused-ring (bicyclic) bond motifs is 4. The van der Waals surface area contributed by atoms with E-state index in [0.29, 0.717) is 18.4 Å². The fourth-order valence-electron chi connectivity index (χ4n) is 2.91. The molecule has 3 nitrogen and oxygen atoms in total. The van der Waals surface area contributed by atoms with Gasteiger partial charge in [-0.25, -0.2) is 0 Å². The summed E-state index contributed by atoms with van der Waals surface area (Å²) in [6.45, 7) is 2.70. The summed E-state index contributed by atoms with van der Waals surface area (Å²) in [4.78, 5) is 11.9. The van der Waals surface area contributed by atoms with Crippen LogP contribution < -0.4 is 0 Å². The number of carbonyl (C=O) groups is 1. The monoisotopic (exact) mass is 194 g/mol. The topological polar surface area (TPSA) is 35.5 Å². The minimum atomic E-state index is -0.560. The van der Waals surface area contributed by atoms with Crippen LogP contribution in [0, 0.1) is 17.8 Å². The van der Waals surface area contributed by atoms with Gasteiger partial charge in [-0.3, -0.25) is 4.79 Å². The number of ether oxygens (including phenoxy) is 2. The summed E-state index contributed by atoms with van der Waals surface area (Å²) in [5.74, 6) is 0.977. The van der Waals surface area contributed by atoms with Gasteiger partial charge in [-0.15, -0.1) is 0 Å². The van der Waals surface area contributed by atoms with E-state index >= 15 is 0 Å². The Morgan fingerprint density at radius 2 is 2.36 bits per heavy atom. The molecular weight excluding hydrogens is 180 g/mol. The van der Waals surface area contributed by atoms with Crippen LogP contribution in [0.2, 0.25) is 0 Å². The molecule has 14 heavy (non-hydrogen) atoms. The molecule has 0 unspecified atom stereocenters. The minimum absolute atomic E-state index is 0.131. The predicted molar refractivity (Wildman–Crippen MR) is 49.5 cm³/mol. The zero-order chi connectivity index (χ0) is 9.71. The van der Waals surface area contributed by atoms with Crippen LogP contribution in [0.15, 0.2) is 12.2 Å². The van der Waals surface area contributed by atoms with Crippen molar-refractivity contribution in [2.24, 2.45) is 17.8 Å². The molecule has 3 aliphatic rings. The van der Waals surface area contributed by atoms with E-state index in [1.807, 2.05) is 0 Å². The summed E-state index contributed by atoms with van der Waals surface area (Å²) in [5.41, 5.74) is 0. The largest absolute Gasteiger partial charge is 0.343 e. The Morgan fingerprint density at radius 1 is 1.50 bits per heavy atom. The van der Waals surface area contributed by atoms with Crippen molar-refractivity contribution in [3.8, 4) is 0 Å². The molecule has 0 aromatic heterocycles. The van der Waals surface area contributed by atoms with Crippen LogP contribution in [0.5, 0.6) is 0 Å². The lowest BCUT2D eigenvalue weighted by molar-refractivity contribution is -0.168. The Labute approximate surface area is 83.1 Å². The summed E-state index contributed by atoms with van der Waals surface area (Å²) >= 11 is 0. The lowest BCUT2D eigenvalue weighted by Crippen LogP contribution is -2.47. The average Bonchev–Trinajstić information content (AvgIpc) is 2.60. The van der Waals surface area contributed by atoms with E-state index in [-0.39, 0.29) is 17.8 Å². The van der Waals surface area contributed by atoms with E-state index in [9.17, 15) is 4.79 Å². The number of Topliss-reactive ketones (excluding diaryl/α,β-unsaturated/α-hetero) is 1. The number of ketones is 1. The second-order valence-electron chi connectivity index (χ2n) is 4.45. The summed E-state index contributed by atoms with van der Waals surface area (Å²) in [6.07, 6.45) is 4.86. The zero-order valence-electron chi connectivity index (χ0n) is 8.18. The second-order valence-corrected chi connectivity index (χ2v) is 4.45. The summed E-state index contributed by atoms with van der Waals surface area (Å²) in [7, 11) is 0. The van der Waals surface area contributed by atoms with Crippen LogP contribution in [0.1, 0.15) is 13.3 Å². The molecule has 3 rings (SSSR count). The van der Waals surface area contributed by atoms with Crippen molar-refractivity contribution >= 4 is 5.78 Å². The highest BCUT2D eigenvalue weighted by Gasteiger charge is 2.51. The van der Waals surface area contributed by atoms with Gasteiger partial charge in [0.05, 0.1) is 12.7 Å². The number of hydrogen-bond donors (Lipinski definition) is 0. The number of carbonyl (C=O) groups excluding carboxylic acids is 1. The molecule has 2 fully saturated rings. The van der Waals surface area contributed by atoms with E-state index in [0.717, 1.165) is 6.42 Å². The van der Waals surface area contributed by atoms with Crippen molar-refractivity contribution in [1.29, 1.82) is 0 Å². The third kappa shape index (κ3) is 1.03. The molecule has 3 heteroatoms. The van der Waals surface area contributed by atoms with Gasteiger partial charge in [-0.1, -0.05) is 19.1 Å². The summed E-state index contributed by atoms with van der Waals surface area (Å²) in [6, 6.07) is 0. The van der Waals surface area contributed by atoms with E-state index in [1.54, 1.807) is 0 Å². The fourth-order valence-corrected chi connectivity index (χ4v) is 2.91. The number of allylic oxidation sites excluding steroid dienone is 2. The Bertz CT molecular complexity index is 297. The fraction of sp³-hybridized carbons (Fsp3) is 0.727. The molecule has 5 atom stereocenters. The molecule has 0 radical (unpaired) electrons. The summed E-state index contributed by atoms with van der Waals surface area (Å²) < 4.78 is 10.9. The minimum Gasteiger partial charge on any atom is -0.343 e. The first-order valence-electron chi connectivity index (χ1n) is 5.25. The molecular formula is C11H14O3. The number of hydrogen-bond acceptors (Lipinski definition) is 3. The van der Waals surface area contributed by atoms with Crippen molar-refractivity contribution < 1.29 is 14.3 Å². The standard InChI is InChI=1S/C11H14O3/c1-6-3-2-4-7-8-5-13-11(14-8)10(12)9(6)7/h2-3,6-9,11H,4-5H2,1H3/t6-,7+,8+,9+,11+/m0/s1. The SMILES string of the molecule is C[C@H]1C=CC[C@H]2[C@@H]1C(=O)[C@@H]1OC[C@H]2O1. The van der Waals surface area contributed by atoms with Crippen LogP contribution in [0.25, 0.3) is 0 Å². The molecule has 0 aromatic carbocycles. The van der Waals surface area contributed by atoms with E-state index in [2.05, 4.69) is 19.1 Å². The Balaban J connectivity index is 1.97. The maximum atomic E-state index is 11.9. The van der Waals surface area contributed by atoms with E-state index in [4.69, 9.17) is 9.47 Å². The van der Waals surface area contributed by atoms with Gasteiger partial charge in [-0.2, -0.15) is 0 Å². The van der Waals surface area contributed by atoms with Gasteiger partial charge in [0.25, 0.3) is 0 Å². The first-order valence-corrected chi connectivity index (χ1v) is 5.25. The van der Waals surface area contributed by atoms with E-state index in [1.165, 1.54) is 0 Å². The molecule has 2 aliphatic heterocycles. The lowest BCUT2D eigenvalue weighted by atomic mass is 9.71. The Morgan fingerprint density at radius 3 is 3.21 bits per heavy atom. The molecule has 76 valence electrons. The molecule has 2 heterocycles. The summed E-state index contributed by atoms with van der Waals surface area (Å²) in [5, 5.41) is 0.